The van der Waals surface area contributed by atoms with Gasteiger partial charge in [-0.05, 0) is 48.0 Å². The van der Waals surface area contributed by atoms with E-state index in [1.54, 1.807) is 42.5 Å². The van der Waals surface area contributed by atoms with E-state index in [2.05, 4.69) is 10.6 Å². The molecule has 0 heterocycles. The second kappa shape index (κ2) is 8.64. The van der Waals surface area contributed by atoms with Crippen LogP contribution in [0.15, 0.2) is 84.6 Å². The number of phenolic OH excluding ortho intramolecular Hbond substituents is 1. The molecular formula is C22H17FN2O3. The van der Waals surface area contributed by atoms with Crippen molar-refractivity contribution in [2.75, 3.05) is 5.32 Å². The summed E-state index contributed by atoms with van der Waals surface area (Å²) in [5, 5.41) is 14.7. The molecule has 0 aliphatic heterocycles. The Balaban J connectivity index is 1.88. The Kier molecular flexibility index (Phi) is 5.81. The monoisotopic (exact) mass is 376 g/mol. The van der Waals surface area contributed by atoms with Gasteiger partial charge in [-0.2, -0.15) is 0 Å². The zero-order valence-corrected chi connectivity index (χ0v) is 14.7. The molecule has 0 atom stereocenters. The van der Waals surface area contributed by atoms with Crippen LogP contribution in [0.5, 0.6) is 5.75 Å². The van der Waals surface area contributed by atoms with Gasteiger partial charge in [0.2, 0.25) is 0 Å². The second-order valence-corrected chi connectivity index (χ2v) is 5.93. The highest BCUT2D eigenvalue weighted by Crippen LogP contribution is 2.17. The third-order valence-corrected chi connectivity index (χ3v) is 3.81. The first-order valence-electron chi connectivity index (χ1n) is 8.45. The number of phenols is 1. The van der Waals surface area contributed by atoms with Crippen LogP contribution in [0, 0.1) is 5.82 Å². The quantitative estimate of drug-likeness (QED) is 0.590. The normalized spacial score (nSPS) is 11.0. The van der Waals surface area contributed by atoms with Crippen LogP contribution in [0.2, 0.25) is 0 Å². The van der Waals surface area contributed by atoms with Crippen molar-refractivity contribution < 1.29 is 19.1 Å². The maximum atomic E-state index is 13.1. The molecule has 0 spiro atoms. The molecule has 3 aromatic carbocycles. The van der Waals surface area contributed by atoms with E-state index < -0.39 is 17.6 Å². The molecule has 3 aromatic rings. The van der Waals surface area contributed by atoms with Crippen LogP contribution < -0.4 is 10.6 Å². The van der Waals surface area contributed by atoms with Crippen molar-refractivity contribution in [1.82, 2.24) is 5.32 Å². The lowest BCUT2D eigenvalue weighted by molar-refractivity contribution is -0.113. The lowest BCUT2D eigenvalue weighted by atomic mass is 10.1. The SMILES string of the molecule is O=C(Nc1cccc(O)c1)/C(=C/c1ccc(F)cc1)NC(=O)c1ccccc1. The average Bonchev–Trinajstić information content (AvgIpc) is 2.69. The van der Waals surface area contributed by atoms with Crippen LogP contribution in [-0.2, 0) is 4.79 Å². The van der Waals surface area contributed by atoms with Crippen LogP contribution in [0.3, 0.4) is 0 Å². The molecule has 6 heteroatoms. The lowest BCUT2D eigenvalue weighted by Crippen LogP contribution is -2.30. The molecule has 0 saturated carbocycles. The average molecular weight is 376 g/mol. The number of amides is 2. The van der Waals surface area contributed by atoms with E-state index in [0.717, 1.165) is 0 Å². The summed E-state index contributed by atoms with van der Waals surface area (Å²) in [5.41, 5.74) is 1.27. The smallest absolute Gasteiger partial charge is 0.272 e. The Morgan fingerprint density at radius 1 is 0.893 bits per heavy atom. The molecule has 2 amide bonds. The standard InChI is InChI=1S/C22H17FN2O3/c23-17-11-9-15(10-12-17)13-20(25-21(27)16-5-2-1-3-6-16)22(28)24-18-7-4-8-19(26)14-18/h1-14,26H,(H,24,28)(H,25,27)/b20-13-. The second-order valence-electron chi connectivity index (χ2n) is 5.93. The van der Waals surface area contributed by atoms with Crippen LogP contribution in [0.4, 0.5) is 10.1 Å². The number of rotatable bonds is 5. The molecule has 3 rings (SSSR count). The first-order valence-corrected chi connectivity index (χ1v) is 8.45. The van der Waals surface area contributed by atoms with E-state index in [-0.39, 0.29) is 11.4 Å². The molecule has 28 heavy (non-hydrogen) atoms. The van der Waals surface area contributed by atoms with Gasteiger partial charge in [0.15, 0.2) is 0 Å². The van der Waals surface area contributed by atoms with E-state index in [4.69, 9.17) is 0 Å². The highest BCUT2D eigenvalue weighted by atomic mass is 19.1. The number of carbonyl (C=O) groups is 2. The summed E-state index contributed by atoms with van der Waals surface area (Å²) in [6.07, 6.45) is 1.44. The van der Waals surface area contributed by atoms with Crippen molar-refractivity contribution in [3.05, 3.63) is 102 Å². The molecule has 5 nitrogen and oxygen atoms in total. The number of nitrogens with one attached hydrogen (secondary N) is 2. The van der Waals surface area contributed by atoms with Crippen LogP contribution in [0.25, 0.3) is 6.08 Å². The van der Waals surface area contributed by atoms with E-state index in [0.29, 0.717) is 16.8 Å². The molecule has 0 saturated heterocycles. The molecule has 0 fully saturated rings. The third-order valence-electron chi connectivity index (χ3n) is 3.81. The number of benzene rings is 3. The van der Waals surface area contributed by atoms with Gasteiger partial charge in [0.25, 0.3) is 11.8 Å². The summed E-state index contributed by atoms with van der Waals surface area (Å²) < 4.78 is 13.1. The van der Waals surface area contributed by atoms with Crippen molar-refractivity contribution >= 4 is 23.6 Å². The van der Waals surface area contributed by atoms with E-state index in [1.807, 2.05) is 0 Å². The molecule has 0 aromatic heterocycles. The fourth-order valence-corrected chi connectivity index (χ4v) is 2.45. The number of hydrogen-bond acceptors (Lipinski definition) is 3. The van der Waals surface area contributed by atoms with Gasteiger partial charge in [0.1, 0.15) is 17.3 Å². The molecule has 0 unspecified atom stereocenters. The molecule has 0 radical (unpaired) electrons. The molecule has 0 aliphatic rings. The Morgan fingerprint density at radius 2 is 1.61 bits per heavy atom. The first kappa shape index (κ1) is 18.8. The minimum absolute atomic E-state index is 0.00446. The minimum atomic E-state index is -0.584. The summed E-state index contributed by atoms with van der Waals surface area (Å²) in [6, 6.07) is 20.0. The number of hydrogen-bond donors (Lipinski definition) is 3. The zero-order valence-electron chi connectivity index (χ0n) is 14.7. The fourth-order valence-electron chi connectivity index (χ4n) is 2.45. The van der Waals surface area contributed by atoms with E-state index >= 15 is 0 Å². The summed E-state index contributed by atoms with van der Waals surface area (Å²) >= 11 is 0. The van der Waals surface area contributed by atoms with Gasteiger partial charge in [0.05, 0.1) is 0 Å². The topological polar surface area (TPSA) is 78.4 Å². The van der Waals surface area contributed by atoms with Crippen molar-refractivity contribution in [2.45, 2.75) is 0 Å². The maximum absolute atomic E-state index is 13.1. The van der Waals surface area contributed by atoms with Gasteiger partial charge >= 0.3 is 0 Å². The number of anilines is 1. The maximum Gasteiger partial charge on any atom is 0.272 e. The predicted octanol–water partition coefficient (Wildman–Crippen LogP) is 3.94. The third kappa shape index (κ3) is 5.04. The van der Waals surface area contributed by atoms with Gasteiger partial charge in [-0.3, -0.25) is 9.59 Å². The van der Waals surface area contributed by atoms with Gasteiger partial charge in [-0.25, -0.2) is 4.39 Å². The highest BCUT2D eigenvalue weighted by molar-refractivity contribution is 6.10. The largest absolute Gasteiger partial charge is 0.508 e. The Hall–Kier alpha value is -3.93. The van der Waals surface area contributed by atoms with Gasteiger partial charge in [-0.15, -0.1) is 0 Å². The Morgan fingerprint density at radius 3 is 2.29 bits per heavy atom. The first-order chi connectivity index (χ1) is 13.5. The molecular weight excluding hydrogens is 359 g/mol. The fraction of sp³-hybridized carbons (Fsp3) is 0. The summed E-state index contributed by atoms with van der Waals surface area (Å²) in [5.74, 6) is -1.45. The van der Waals surface area contributed by atoms with Crippen molar-refractivity contribution in [3.8, 4) is 5.75 Å². The Labute approximate surface area is 161 Å². The summed E-state index contributed by atoms with van der Waals surface area (Å²) in [6.45, 7) is 0. The molecule has 0 bridgehead atoms. The van der Waals surface area contributed by atoms with Crippen LogP contribution in [0.1, 0.15) is 15.9 Å². The Bertz CT molecular complexity index is 1020. The predicted molar refractivity (Wildman–Crippen MR) is 105 cm³/mol. The summed E-state index contributed by atoms with van der Waals surface area (Å²) in [4.78, 5) is 25.2. The van der Waals surface area contributed by atoms with E-state index in [1.165, 1.54) is 42.5 Å². The molecule has 140 valence electrons. The van der Waals surface area contributed by atoms with Crippen molar-refractivity contribution in [3.63, 3.8) is 0 Å². The van der Waals surface area contributed by atoms with Crippen molar-refractivity contribution in [2.24, 2.45) is 0 Å². The van der Waals surface area contributed by atoms with Gasteiger partial charge in [0, 0.05) is 17.3 Å². The number of carbonyl (C=O) groups excluding carboxylic acids is 2. The van der Waals surface area contributed by atoms with E-state index in [9.17, 15) is 19.1 Å². The number of halogens is 1. The molecule has 0 aliphatic carbocycles. The van der Waals surface area contributed by atoms with Gasteiger partial charge in [-0.1, -0.05) is 36.4 Å². The van der Waals surface area contributed by atoms with Crippen LogP contribution in [-0.4, -0.2) is 16.9 Å². The zero-order chi connectivity index (χ0) is 19.9. The highest BCUT2D eigenvalue weighted by Gasteiger charge is 2.15. The van der Waals surface area contributed by atoms with Crippen LogP contribution >= 0.6 is 0 Å². The minimum Gasteiger partial charge on any atom is -0.508 e. The summed E-state index contributed by atoms with van der Waals surface area (Å²) in [7, 11) is 0. The van der Waals surface area contributed by atoms with Gasteiger partial charge < -0.3 is 15.7 Å². The number of aromatic hydroxyl groups is 1. The molecule has 3 N–H and O–H groups in total. The van der Waals surface area contributed by atoms with Crippen molar-refractivity contribution in [1.29, 1.82) is 0 Å². The lowest BCUT2D eigenvalue weighted by Gasteiger charge is -2.11.